The maximum absolute atomic E-state index is 12.6. The molecule has 0 spiro atoms. The summed E-state index contributed by atoms with van der Waals surface area (Å²) in [6.07, 6.45) is 0. The highest BCUT2D eigenvalue weighted by Crippen LogP contribution is 2.26. The first kappa shape index (κ1) is 17.3. The summed E-state index contributed by atoms with van der Waals surface area (Å²) in [5.74, 6) is -0.519. The van der Waals surface area contributed by atoms with Crippen LogP contribution in [0.2, 0.25) is 0 Å². The third-order valence-corrected chi connectivity index (χ3v) is 5.23. The summed E-state index contributed by atoms with van der Waals surface area (Å²) in [6.45, 7) is 0. The van der Waals surface area contributed by atoms with Crippen molar-refractivity contribution in [1.29, 1.82) is 0 Å². The van der Waals surface area contributed by atoms with Crippen LogP contribution in [0.5, 0.6) is 0 Å². The molecule has 0 bridgehead atoms. The van der Waals surface area contributed by atoms with Gasteiger partial charge in [0.15, 0.2) is 0 Å². The number of carbonyl (C=O) groups excluding carboxylic acids is 1. The number of halogens is 1. The summed E-state index contributed by atoms with van der Waals surface area (Å²) in [6, 6.07) is 18.8. The van der Waals surface area contributed by atoms with Crippen LogP contribution in [0.1, 0.15) is 0 Å². The van der Waals surface area contributed by atoms with E-state index in [1.54, 1.807) is 12.1 Å². The van der Waals surface area contributed by atoms with Gasteiger partial charge in [-0.2, -0.15) is 0 Å². The normalized spacial score (nSPS) is 11.2. The van der Waals surface area contributed by atoms with E-state index in [1.807, 2.05) is 30.3 Å². The van der Waals surface area contributed by atoms with Crippen LogP contribution in [0.4, 0.5) is 11.4 Å². The fourth-order valence-electron chi connectivity index (χ4n) is 2.43. The van der Waals surface area contributed by atoms with Gasteiger partial charge >= 0.3 is 0 Å². The molecule has 1 amide bonds. The molecule has 0 atom stereocenters. The number of hydrogen-bond donors (Lipinski definition) is 2. The summed E-state index contributed by atoms with van der Waals surface area (Å²) < 4.78 is 27.8. The maximum Gasteiger partial charge on any atom is 0.261 e. The fourth-order valence-corrected chi connectivity index (χ4v) is 3.58. The summed E-state index contributed by atoms with van der Waals surface area (Å²) >= 11 is 5.43. The number of carbonyl (C=O) groups is 1. The standard InChI is InChI=1S/C18H15ClN2O3S/c19-12-18(22)20-14-8-10-15(11-9-14)25(23,24)21-17-7-3-5-13-4-1-2-6-16(13)17/h1-11,21H,12H2,(H,20,22). The zero-order valence-corrected chi connectivity index (χ0v) is 14.6. The van der Waals surface area contributed by atoms with Crippen LogP contribution < -0.4 is 10.0 Å². The Labute approximate surface area is 150 Å². The van der Waals surface area contributed by atoms with Gasteiger partial charge in [-0.25, -0.2) is 8.42 Å². The topological polar surface area (TPSA) is 75.3 Å². The molecular formula is C18H15ClN2O3S. The van der Waals surface area contributed by atoms with Crippen molar-refractivity contribution in [3.05, 3.63) is 66.7 Å². The molecule has 0 aromatic heterocycles. The highest BCUT2D eigenvalue weighted by Gasteiger charge is 2.15. The van der Waals surface area contributed by atoms with Gasteiger partial charge in [0, 0.05) is 11.1 Å². The van der Waals surface area contributed by atoms with Gasteiger partial charge in [0.25, 0.3) is 10.0 Å². The molecular weight excluding hydrogens is 360 g/mol. The van der Waals surface area contributed by atoms with Crippen molar-refractivity contribution in [3.8, 4) is 0 Å². The van der Waals surface area contributed by atoms with Gasteiger partial charge < -0.3 is 5.32 Å². The predicted molar refractivity (Wildman–Crippen MR) is 101 cm³/mol. The van der Waals surface area contributed by atoms with Crippen molar-refractivity contribution in [2.45, 2.75) is 4.90 Å². The molecule has 25 heavy (non-hydrogen) atoms. The maximum atomic E-state index is 12.6. The van der Waals surface area contributed by atoms with Crippen LogP contribution in [0.3, 0.4) is 0 Å². The molecule has 3 rings (SSSR count). The first-order valence-electron chi connectivity index (χ1n) is 7.46. The third kappa shape index (κ3) is 3.92. The summed E-state index contributed by atoms with van der Waals surface area (Å²) in [7, 11) is -3.74. The smallest absolute Gasteiger partial charge is 0.261 e. The lowest BCUT2D eigenvalue weighted by molar-refractivity contribution is -0.113. The molecule has 7 heteroatoms. The van der Waals surface area contributed by atoms with Gasteiger partial charge in [-0.15, -0.1) is 11.6 Å². The summed E-state index contributed by atoms with van der Waals surface area (Å²) in [4.78, 5) is 11.4. The molecule has 2 N–H and O–H groups in total. The Balaban J connectivity index is 1.87. The second-order valence-electron chi connectivity index (χ2n) is 5.34. The molecule has 0 aliphatic carbocycles. The molecule has 5 nitrogen and oxygen atoms in total. The van der Waals surface area contributed by atoms with E-state index in [0.29, 0.717) is 11.4 Å². The lowest BCUT2D eigenvalue weighted by Crippen LogP contribution is -2.14. The van der Waals surface area contributed by atoms with Crippen molar-refractivity contribution in [1.82, 2.24) is 0 Å². The zero-order chi connectivity index (χ0) is 17.9. The number of sulfonamides is 1. The number of fused-ring (bicyclic) bond motifs is 1. The van der Waals surface area contributed by atoms with Gasteiger partial charge in [-0.05, 0) is 35.7 Å². The Hall–Kier alpha value is -2.57. The lowest BCUT2D eigenvalue weighted by Gasteiger charge is -2.11. The molecule has 0 heterocycles. The van der Waals surface area contributed by atoms with Crippen LogP contribution in [0.25, 0.3) is 10.8 Å². The second-order valence-corrected chi connectivity index (χ2v) is 7.29. The average Bonchev–Trinajstić information content (AvgIpc) is 2.62. The molecule has 0 saturated carbocycles. The number of rotatable bonds is 5. The van der Waals surface area contributed by atoms with Crippen LogP contribution in [-0.2, 0) is 14.8 Å². The summed E-state index contributed by atoms with van der Waals surface area (Å²) in [5.41, 5.74) is 0.993. The number of hydrogen-bond acceptors (Lipinski definition) is 3. The fraction of sp³-hybridized carbons (Fsp3) is 0.0556. The Morgan fingerprint density at radius 3 is 2.32 bits per heavy atom. The first-order valence-corrected chi connectivity index (χ1v) is 9.48. The van der Waals surface area contributed by atoms with E-state index >= 15 is 0 Å². The van der Waals surface area contributed by atoms with Crippen molar-refractivity contribution < 1.29 is 13.2 Å². The number of nitrogens with one attached hydrogen (secondary N) is 2. The van der Waals surface area contributed by atoms with Gasteiger partial charge in [0.1, 0.15) is 5.88 Å². The number of anilines is 2. The highest BCUT2D eigenvalue weighted by atomic mass is 35.5. The molecule has 0 aliphatic heterocycles. The molecule has 3 aromatic carbocycles. The Morgan fingerprint density at radius 2 is 1.60 bits per heavy atom. The van der Waals surface area contributed by atoms with E-state index in [2.05, 4.69) is 10.0 Å². The number of amides is 1. The van der Waals surface area contributed by atoms with E-state index in [4.69, 9.17) is 11.6 Å². The van der Waals surface area contributed by atoms with Crippen molar-refractivity contribution in [2.75, 3.05) is 15.9 Å². The minimum absolute atomic E-state index is 0.101. The molecule has 0 radical (unpaired) electrons. The average molecular weight is 375 g/mol. The summed E-state index contributed by atoms with van der Waals surface area (Å²) in [5, 5.41) is 4.32. The minimum Gasteiger partial charge on any atom is -0.325 e. The Morgan fingerprint density at radius 1 is 0.920 bits per heavy atom. The number of alkyl halides is 1. The van der Waals surface area contributed by atoms with Crippen molar-refractivity contribution in [2.24, 2.45) is 0 Å². The quantitative estimate of drug-likeness (QED) is 0.666. The number of benzene rings is 3. The largest absolute Gasteiger partial charge is 0.325 e. The van der Waals surface area contributed by atoms with Gasteiger partial charge in [0.05, 0.1) is 10.6 Å². The third-order valence-electron chi connectivity index (χ3n) is 3.60. The molecule has 3 aromatic rings. The molecule has 128 valence electrons. The first-order chi connectivity index (χ1) is 12.0. The van der Waals surface area contributed by atoms with Gasteiger partial charge in [-0.3, -0.25) is 9.52 Å². The molecule has 0 unspecified atom stereocenters. The van der Waals surface area contributed by atoms with E-state index in [9.17, 15) is 13.2 Å². The van der Waals surface area contributed by atoms with E-state index < -0.39 is 10.0 Å². The van der Waals surface area contributed by atoms with Crippen LogP contribution in [0, 0.1) is 0 Å². The SMILES string of the molecule is O=C(CCl)Nc1ccc(S(=O)(=O)Nc2cccc3ccccc23)cc1. The minimum atomic E-state index is -3.74. The molecule has 0 saturated heterocycles. The van der Waals surface area contributed by atoms with Gasteiger partial charge in [-0.1, -0.05) is 36.4 Å². The van der Waals surface area contributed by atoms with E-state index in [-0.39, 0.29) is 16.7 Å². The predicted octanol–water partition coefficient (Wildman–Crippen LogP) is 3.82. The zero-order valence-electron chi connectivity index (χ0n) is 13.1. The molecule has 0 aliphatic rings. The van der Waals surface area contributed by atoms with Gasteiger partial charge in [0.2, 0.25) is 5.91 Å². The van der Waals surface area contributed by atoms with E-state index in [0.717, 1.165) is 10.8 Å². The van der Waals surface area contributed by atoms with Crippen LogP contribution in [0.15, 0.2) is 71.6 Å². The molecule has 0 fully saturated rings. The van der Waals surface area contributed by atoms with Crippen LogP contribution >= 0.6 is 11.6 Å². The highest BCUT2D eigenvalue weighted by molar-refractivity contribution is 7.92. The van der Waals surface area contributed by atoms with E-state index in [1.165, 1.54) is 24.3 Å². The Kier molecular flexibility index (Phi) is 4.92. The van der Waals surface area contributed by atoms with Crippen molar-refractivity contribution in [3.63, 3.8) is 0 Å². The lowest BCUT2D eigenvalue weighted by atomic mass is 10.1. The second kappa shape index (κ2) is 7.13. The van der Waals surface area contributed by atoms with Crippen molar-refractivity contribution >= 4 is 49.7 Å². The van der Waals surface area contributed by atoms with Crippen LogP contribution in [-0.4, -0.2) is 20.2 Å². The Bertz CT molecular complexity index is 1010. The monoisotopic (exact) mass is 374 g/mol.